The van der Waals surface area contributed by atoms with Crippen LogP contribution in [0.4, 0.5) is 0 Å². The molecule has 0 amide bonds. The Hall–Kier alpha value is -2.55. The first-order chi connectivity index (χ1) is 14.0. The second-order valence-corrected chi connectivity index (χ2v) is 8.29. The highest BCUT2D eigenvalue weighted by Crippen LogP contribution is 2.29. The highest BCUT2D eigenvalue weighted by Gasteiger charge is 2.18. The van der Waals surface area contributed by atoms with Crippen molar-refractivity contribution in [1.82, 2.24) is 19.7 Å². The summed E-state index contributed by atoms with van der Waals surface area (Å²) in [7, 11) is 3.69. The molecule has 0 spiro atoms. The van der Waals surface area contributed by atoms with Crippen LogP contribution in [0.2, 0.25) is 0 Å². The summed E-state index contributed by atoms with van der Waals surface area (Å²) in [4.78, 5) is 7.29. The molecule has 0 bridgehead atoms. The van der Waals surface area contributed by atoms with Gasteiger partial charge in [-0.15, -0.1) is 16.4 Å². The predicted octanol–water partition coefficient (Wildman–Crippen LogP) is 5.07. The van der Waals surface area contributed by atoms with Gasteiger partial charge in [0, 0.05) is 0 Å². The Morgan fingerprint density at radius 1 is 1.21 bits per heavy atom. The Kier molecular flexibility index (Phi) is 5.75. The molecule has 2 aromatic carbocycles. The van der Waals surface area contributed by atoms with Crippen LogP contribution >= 0.6 is 23.6 Å². The van der Waals surface area contributed by atoms with Crippen LogP contribution in [-0.4, -0.2) is 33.8 Å². The Balaban J connectivity index is 1.46. The van der Waals surface area contributed by atoms with Gasteiger partial charge in [0.25, 0.3) is 4.84 Å². The van der Waals surface area contributed by atoms with Gasteiger partial charge in [0.15, 0.2) is 0 Å². The average Bonchev–Trinajstić information content (AvgIpc) is 3.31. The molecule has 2 aromatic heterocycles. The number of hydrogen-bond acceptors (Lipinski definition) is 7. The van der Waals surface area contributed by atoms with Gasteiger partial charge >= 0.3 is 0 Å². The third-order valence-corrected chi connectivity index (χ3v) is 6.35. The molecule has 1 atom stereocenters. The van der Waals surface area contributed by atoms with Gasteiger partial charge in [-0.1, -0.05) is 24.3 Å². The van der Waals surface area contributed by atoms with E-state index in [0.717, 1.165) is 21.8 Å². The van der Waals surface area contributed by atoms with Crippen molar-refractivity contribution in [3.8, 4) is 5.75 Å². The number of fused-ring (bicyclic) bond motifs is 1. The molecule has 6 nitrogen and oxygen atoms in total. The van der Waals surface area contributed by atoms with Crippen LogP contribution < -0.4 is 4.74 Å². The number of thiazole rings is 1. The number of benzene rings is 2. The summed E-state index contributed by atoms with van der Waals surface area (Å²) in [6.45, 7) is 2.67. The van der Waals surface area contributed by atoms with E-state index in [0.29, 0.717) is 23.8 Å². The lowest BCUT2D eigenvalue weighted by Crippen LogP contribution is -2.26. The summed E-state index contributed by atoms with van der Waals surface area (Å²) in [5.41, 5.74) is 2.12. The number of rotatable bonds is 7. The molecule has 0 saturated carbocycles. The minimum absolute atomic E-state index is 0.135. The number of ether oxygens (including phenoxy) is 1. The number of aromatic nitrogens is 3. The smallest absolute Gasteiger partial charge is 0.288 e. The Morgan fingerprint density at radius 2 is 1.97 bits per heavy atom. The van der Waals surface area contributed by atoms with Gasteiger partial charge in [0.1, 0.15) is 10.8 Å². The number of hydrogen-bond donors (Lipinski definition) is 0. The summed E-state index contributed by atoms with van der Waals surface area (Å²) >= 11 is 7.09. The minimum Gasteiger partial charge on any atom is -0.497 e. The molecule has 8 heteroatoms. The fourth-order valence-corrected chi connectivity index (χ4v) is 4.30. The van der Waals surface area contributed by atoms with E-state index in [4.69, 9.17) is 26.4 Å². The molecule has 0 fully saturated rings. The maximum Gasteiger partial charge on any atom is 0.288 e. The van der Waals surface area contributed by atoms with E-state index in [1.807, 2.05) is 49.5 Å². The minimum atomic E-state index is 0.135. The van der Waals surface area contributed by atoms with E-state index in [1.165, 1.54) is 4.70 Å². The quantitative estimate of drug-likeness (QED) is 0.385. The van der Waals surface area contributed by atoms with Crippen molar-refractivity contribution >= 4 is 33.8 Å². The van der Waals surface area contributed by atoms with Crippen molar-refractivity contribution in [1.29, 1.82) is 0 Å². The van der Waals surface area contributed by atoms with E-state index in [1.54, 1.807) is 23.1 Å². The van der Waals surface area contributed by atoms with Gasteiger partial charge in [-0.3, -0.25) is 4.90 Å². The third kappa shape index (κ3) is 4.39. The number of para-hydroxylation sites is 1. The largest absolute Gasteiger partial charge is 0.497 e. The fourth-order valence-electron chi connectivity index (χ4n) is 3.02. The van der Waals surface area contributed by atoms with Crippen molar-refractivity contribution < 1.29 is 9.15 Å². The second-order valence-electron chi connectivity index (χ2n) is 6.88. The summed E-state index contributed by atoms with van der Waals surface area (Å²) < 4.78 is 13.8. The molecule has 0 aliphatic carbocycles. The Labute approximate surface area is 178 Å². The van der Waals surface area contributed by atoms with Crippen LogP contribution in [-0.2, 0) is 13.1 Å². The van der Waals surface area contributed by atoms with Crippen LogP contribution in [0.25, 0.3) is 10.2 Å². The summed E-state index contributed by atoms with van der Waals surface area (Å²) in [6, 6.07) is 16.2. The lowest BCUT2D eigenvalue weighted by atomic mass is 10.1. The maximum absolute atomic E-state index is 5.71. The highest BCUT2D eigenvalue weighted by molar-refractivity contribution is 7.71. The molecule has 29 heavy (non-hydrogen) atoms. The number of nitrogens with zero attached hydrogens (tertiary/aromatic N) is 4. The highest BCUT2D eigenvalue weighted by atomic mass is 32.1. The van der Waals surface area contributed by atoms with Crippen LogP contribution in [0.3, 0.4) is 0 Å². The van der Waals surface area contributed by atoms with Crippen molar-refractivity contribution in [2.75, 3.05) is 14.2 Å². The molecule has 0 aliphatic rings. The van der Waals surface area contributed by atoms with Crippen molar-refractivity contribution in [2.24, 2.45) is 0 Å². The Bertz CT molecular complexity index is 1130. The average molecular weight is 427 g/mol. The topological polar surface area (TPSA) is 56.3 Å². The van der Waals surface area contributed by atoms with E-state index in [9.17, 15) is 0 Å². The molecule has 4 aromatic rings. The summed E-state index contributed by atoms with van der Waals surface area (Å²) in [5.74, 6) is 1.42. The van der Waals surface area contributed by atoms with Crippen molar-refractivity contribution in [3.63, 3.8) is 0 Å². The molecule has 0 N–H and O–H groups in total. The maximum atomic E-state index is 5.71. The zero-order valence-corrected chi connectivity index (χ0v) is 18.2. The second kappa shape index (κ2) is 8.44. The normalized spacial score (nSPS) is 12.6. The first kappa shape index (κ1) is 19.8. The predicted molar refractivity (Wildman–Crippen MR) is 117 cm³/mol. The standard InChI is InChI=1S/C21H22N4O2S2/c1-14(20-22-17-6-4-5-7-18(17)29-20)24(2)13-25-21(28)27-19(23-25)12-15-8-10-16(26-3)11-9-15/h4-11,14H,12-13H2,1-3H3. The molecule has 4 rings (SSSR count). The zero-order chi connectivity index (χ0) is 20.4. The molecule has 0 saturated heterocycles. The van der Waals surface area contributed by atoms with Gasteiger partial charge in [-0.05, 0) is 56.0 Å². The Morgan fingerprint density at radius 3 is 2.69 bits per heavy atom. The molecule has 150 valence electrons. The van der Waals surface area contributed by atoms with Crippen LogP contribution in [0.15, 0.2) is 52.9 Å². The van der Waals surface area contributed by atoms with E-state index in [2.05, 4.69) is 23.0 Å². The van der Waals surface area contributed by atoms with Gasteiger partial charge in [0.2, 0.25) is 5.89 Å². The van der Waals surface area contributed by atoms with Gasteiger partial charge in [0.05, 0.1) is 36.5 Å². The van der Waals surface area contributed by atoms with Crippen LogP contribution in [0, 0.1) is 4.84 Å². The van der Waals surface area contributed by atoms with E-state index >= 15 is 0 Å². The van der Waals surface area contributed by atoms with E-state index in [-0.39, 0.29) is 6.04 Å². The molecular formula is C21H22N4O2S2. The molecular weight excluding hydrogens is 404 g/mol. The summed E-state index contributed by atoms with van der Waals surface area (Å²) in [6.07, 6.45) is 0.581. The molecule has 0 radical (unpaired) electrons. The van der Waals surface area contributed by atoms with Crippen LogP contribution in [0.5, 0.6) is 5.75 Å². The summed E-state index contributed by atoms with van der Waals surface area (Å²) in [5, 5.41) is 5.63. The molecule has 0 aliphatic heterocycles. The van der Waals surface area contributed by atoms with Gasteiger partial charge in [-0.25, -0.2) is 9.67 Å². The SMILES string of the molecule is COc1ccc(Cc2nn(CN(C)C(C)c3nc4ccccc4s3)c(=S)o2)cc1. The number of methoxy groups -OCH3 is 1. The van der Waals surface area contributed by atoms with Crippen LogP contribution in [0.1, 0.15) is 29.4 Å². The third-order valence-electron chi connectivity index (χ3n) is 4.85. The fraction of sp³-hybridized carbons (Fsp3) is 0.286. The lowest BCUT2D eigenvalue weighted by Gasteiger charge is -2.22. The van der Waals surface area contributed by atoms with E-state index < -0.39 is 0 Å². The zero-order valence-electron chi connectivity index (χ0n) is 16.5. The molecule has 2 heterocycles. The van der Waals surface area contributed by atoms with Gasteiger partial charge < -0.3 is 9.15 Å². The first-order valence-electron chi connectivity index (χ1n) is 9.29. The lowest BCUT2D eigenvalue weighted by molar-refractivity contribution is 0.192. The monoisotopic (exact) mass is 426 g/mol. The van der Waals surface area contributed by atoms with Crippen molar-refractivity contribution in [2.45, 2.75) is 26.1 Å². The van der Waals surface area contributed by atoms with Crippen molar-refractivity contribution in [3.05, 3.63) is 69.8 Å². The first-order valence-corrected chi connectivity index (χ1v) is 10.5. The molecule has 1 unspecified atom stereocenters. The van der Waals surface area contributed by atoms with Gasteiger partial charge in [-0.2, -0.15) is 0 Å².